The first kappa shape index (κ1) is 27.9. The van der Waals surface area contributed by atoms with E-state index in [1.165, 1.54) is 24.3 Å². The Balaban J connectivity index is 2.52. The summed E-state index contributed by atoms with van der Waals surface area (Å²) in [6, 6.07) is 7.03. The molecule has 2 unspecified atom stereocenters. The molecular formula is C22H24O12S. The maximum Gasteiger partial charge on any atom is 0.339 e. The fourth-order valence-electron chi connectivity index (χ4n) is 3.33. The molecule has 0 fully saturated rings. The molecule has 2 rings (SSSR count). The molecular weight excluding hydrogens is 488 g/mol. The first-order valence-electron chi connectivity index (χ1n) is 9.99. The van der Waals surface area contributed by atoms with Gasteiger partial charge in [-0.15, -0.1) is 0 Å². The van der Waals surface area contributed by atoms with Crippen LogP contribution in [0.3, 0.4) is 0 Å². The predicted molar refractivity (Wildman–Crippen MR) is 117 cm³/mol. The highest BCUT2D eigenvalue weighted by Gasteiger charge is 2.29. The smallest absolute Gasteiger partial charge is 0.339 e. The predicted octanol–water partition coefficient (Wildman–Crippen LogP) is 0.293. The fraction of sp³-hybridized carbons (Fsp3) is 0.318. The van der Waals surface area contributed by atoms with Gasteiger partial charge in [0, 0.05) is 12.0 Å². The van der Waals surface area contributed by atoms with E-state index in [0.717, 1.165) is 26.4 Å². The summed E-state index contributed by atoms with van der Waals surface area (Å²) in [5, 5.41) is 30.1. The fourth-order valence-corrected chi connectivity index (χ4v) is 4.01. The first-order valence-corrected chi connectivity index (χ1v) is 11.4. The number of carbonyl (C=O) groups excluding carboxylic acids is 3. The van der Waals surface area contributed by atoms with Crippen LogP contribution in [-0.2, 0) is 30.7 Å². The molecule has 0 aliphatic heterocycles. The zero-order valence-electron chi connectivity index (χ0n) is 18.7. The average molecular weight is 512 g/mol. The Morgan fingerprint density at radius 2 is 1.46 bits per heavy atom. The van der Waals surface area contributed by atoms with Gasteiger partial charge in [0.2, 0.25) is 0 Å². The lowest BCUT2D eigenvalue weighted by molar-refractivity contribution is 0.0239. The van der Waals surface area contributed by atoms with Gasteiger partial charge >= 0.3 is 17.9 Å². The summed E-state index contributed by atoms with van der Waals surface area (Å²) >= 11 is 0. The Morgan fingerprint density at radius 3 is 2.03 bits per heavy atom. The zero-order valence-corrected chi connectivity index (χ0v) is 19.5. The standard InChI is InChI=1S/C22H24O12S/c1-32-20(26)13-7-8-15(21(27)33-2)19(16(13)9-12(24)10-23)17(25)11-34-22(28)14-5-3-4-6-18(14)35(29,30)31/h3-8,12,17,23-25H,9-11H2,1-2H3,(H,29,30,31). The van der Waals surface area contributed by atoms with Crippen LogP contribution in [-0.4, -0.2) is 79.7 Å². The van der Waals surface area contributed by atoms with Crippen molar-refractivity contribution in [2.45, 2.75) is 23.5 Å². The number of ether oxygens (including phenoxy) is 3. The highest BCUT2D eigenvalue weighted by molar-refractivity contribution is 7.86. The van der Waals surface area contributed by atoms with E-state index >= 15 is 0 Å². The van der Waals surface area contributed by atoms with Crippen LogP contribution >= 0.6 is 0 Å². The third kappa shape index (κ3) is 6.61. The highest BCUT2D eigenvalue weighted by atomic mass is 32.2. The van der Waals surface area contributed by atoms with Crippen molar-refractivity contribution in [1.82, 2.24) is 0 Å². The number of aliphatic hydroxyl groups excluding tert-OH is 3. The molecule has 0 spiro atoms. The van der Waals surface area contributed by atoms with Crippen LogP contribution in [0.25, 0.3) is 0 Å². The normalized spacial score (nSPS) is 13.0. The van der Waals surface area contributed by atoms with Gasteiger partial charge in [-0.05, 0) is 29.8 Å². The SMILES string of the molecule is COC(=O)c1ccc(C(=O)OC)c(C(O)COC(=O)c2ccccc2S(=O)(=O)O)c1CC(O)CO. The Hall–Kier alpha value is -3.36. The topological polar surface area (TPSA) is 194 Å². The third-order valence-corrected chi connectivity index (χ3v) is 5.82. The van der Waals surface area contributed by atoms with Crippen molar-refractivity contribution in [1.29, 1.82) is 0 Å². The van der Waals surface area contributed by atoms with E-state index in [-0.39, 0.29) is 22.3 Å². The van der Waals surface area contributed by atoms with Crippen LogP contribution in [0.1, 0.15) is 48.3 Å². The number of hydrogen-bond acceptors (Lipinski definition) is 11. The van der Waals surface area contributed by atoms with E-state index in [4.69, 9.17) is 14.2 Å². The number of benzene rings is 2. The van der Waals surface area contributed by atoms with E-state index in [1.54, 1.807) is 0 Å². The Morgan fingerprint density at radius 1 is 0.886 bits per heavy atom. The van der Waals surface area contributed by atoms with Crippen LogP contribution < -0.4 is 0 Å². The van der Waals surface area contributed by atoms with Crippen molar-refractivity contribution in [2.24, 2.45) is 0 Å². The number of aliphatic hydroxyl groups is 3. The van der Waals surface area contributed by atoms with Crippen LogP contribution in [0.4, 0.5) is 0 Å². The van der Waals surface area contributed by atoms with Crippen molar-refractivity contribution in [2.75, 3.05) is 27.4 Å². The average Bonchev–Trinajstić information content (AvgIpc) is 2.85. The largest absolute Gasteiger partial charge is 0.465 e. The van der Waals surface area contributed by atoms with Crippen molar-refractivity contribution < 1.29 is 56.9 Å². The molecule has 12 nitrogen and oxygen atoms in total. The van der Waals surface area contributed by atoms with Crippen LogP contribution in [0.5, 0.6) is 0 Å². The molecule has 0 heterocycles. The molecule has 0 aromatic heterocycles. The van der Waals surface area contributed by atoms with Crippen molar-refractivity contribution in [3.8, 4) is 0 Å². The van der Waals surface area contributed by atoms with Gasteiger partial charge in [0.05, 0.1) is 43.6 Å². The summed E-state index contributed by atoms with van der Waals surface area (Å²) in [6.45, 7) is -1.53. The van der Waals surface area contributed by atoms with Gasteiger partial charge in [0.1, 0.15) is 17.6 Å². The van der Waals surface area contributed by atoms with Crippen molar-refractivity contribution in [3.63, 3.8) is 0 Å². The lowest BCUT2D eigenvalue weighted by Crippen LogP contribution is -2.24. The Kier molecular flexibility index (Phi) is 9.45. The van der Waals surface area contributed by atoms with Crippen LogP contribution in [0, 0.1) is 0 Å². The second-order valence-electron chi connectivity index (χ2n) is 7.16. The molecule has 4 N–H and O–H groups in total. The maximum atomic E-state index is 12.5. The molecule has 0 saturated carbocycles. The Bertz CT molecular complexity index is 1200. The third-order valence-electron chi connectivity index (χ3n) is 4.91. The number of hydrogen-bond donors (Lipinski definition) is 4. The monoisotopic (exact) mass is 512 g/mol. The van der Waals surface area contributed by atoms with Crippen LogP contribution in [0.15, 0.2) is 41.3 Å². The Labute approximate surface area is 200 Å². The second-order valence-corrected chi connectivity index (χ2v) is 8.55. The molecule has 0 aliphatic rings. The molecule has 0 aliphatic carbocycles. The van der Waals surface area contributed by atoms with E-state index in [9.17, 15) is 42.7 Å². The first-order chi connectivity index (χ1) is 16.5. The summed E-state index contributed by atoms with van der Waals surface area (Å²) in [7, 11) is -2.60. The lowest BCUT2D eigenvalue weighted by atomic mass is 9.89. The number of methoxy groups -OCH3 is 2. The van der Waals surface area contributed by atoms with Gasteiger partial charge in [-0.1, -0.05) is 12.1 Å². The second kappa shape index (κ2) is 11.9. The summed E-state index contributed by atoms with van der Waals surface area (Å²) in [4.78, 5) is 36.4. The van der Waals surface area contributed by atoms with Gasteiger partial charge in [0.25, 0.3) is 10.1 Å². The molecule has 0 amide bonds. The van der Waals surface area contributed by atoms with Crippen LogP contribution in [0.2, 0.25) is 0 Å². The number of esters is 3. The van der Waals surface area contributed by atoms with Gasteiger partial charge < -0.3 is 29.5 Å². The van der Waals surface area contributed by atoms with E-state index < -0.39 is 70.3 Å². The minimum Gasteiger partial charge on any atom is -0.465 e. The van der Waals surface area contributed by atoms with Crippen molar-refractivity contribution >= 4 is 28.0 Å². The molecule has 0 saturated heterocycles. The molecule has 2 atom stereocenters. The molecule has 0 bridgehead atoms. The molecule has 35 heavy (non-hydrogen) atoms. The number of rotatable bonds is 10. The minimum atomic E-state index is -4.76. The molecule has 2 aromatic carbocycles. The van der Waals surface area contributed by atoms with E-state index in [0.29, 0.717) is 0 Å². The summed E-state index contributed by atoms with van der Waals surface area (Å²) in [5.41, 5.74) is -1.16. The maximum absolute atomic E-state index is 12.5. The zero-order chi connectivity index (χ0) is 26.3. The van der Waals surface area contributed by atoms with E-state index in [1.807, 2.05) is 0 Å². The summed E-state index contributed by atoms with van der Waals surface area (Å²) < 4.78 is 46.8. The molecule has 2 aromatic rings. The minimum absolute atomic E-state index is 0.0665. The van der Waals surface area contributed by atoms with Gasteiger partial charge in [-0.2, -0.15) is 8.42 Å². The summed E-state index contributed by atoms with van der Waals surface area (Å²) in [5.74, 6) is -3.00. The molecule has 13 heteroatoms. The van der Waals surface area contributed by atoms with Gasteiger partial charge in [-0.3, -0.25) is 4.55 Å². The molecule has 190 valence electrons. The van der Waals surface area contributed by atoms with E-state index in [2.05, 4.69) is 0 Å². The van der Waals surface area contributed by atoms with Crippen molar-refractivity contribution in [3.05, 3.63) is 64.2 Å². The number of carbonyl (C=O) groups is 3. The lowest BCUT2D eigenvalue weighted by Gasteiger charge is -2.22. The highest BCUT2D eigenvalue weighted by Crippen LogP contribution is 2.29. The molecule has 0 radical (unpaired) electrons. The van der Waals surface area contributed by atoms with Gasteiger partial charge in [-0.25, -0.2) is 14.4 Å². The summed E-state index contributed by atoms with van der Waals surface area (Å²) in [6.07, 6.45) is -3.55. The quantitative estimate of drug-likeness (QED) is 0.193. The van der Waals surface area contributed by atoms with Gasteiger partial charge in [0.15, 0.2) is 0 Å².